The Morgan fingerprint density at radius 3 is 2.29 bits per heavy atom. The van der Waals surface area contributed by atoms with E-state index >= 15 is 0 Å². The highest BCUT2D eigenvalue weighted by molar-refractivity contribution is 5.96. The summed E-state index contributed by atoms with van der Waals surface area (Å²) in [6.45, 7) is 4.24. The van der Waals surface area contributed by atoms with E-state index < -0.39 is 11.7 Å². The first-order valence-electron chi connectivity index (χ1n) is 8.75. The van der Waals surface area contributed by atoms with Crippen molar-refractivity contribution in [2.24, 2.45) is 0 Å². The summed E-state index contributed by atoms with van der Waals surface area (Å²) in [4.78, 5) is 25.8. The second-order valence-electron chi connectivity index (χ2n) is 5.93. The number of benzene rings is 2. The van der Waals surface area contributed by atoms with Crippen molar-refractivity contribution in [1.29, 1.82) is 0 Å². The molecule has 2 aromatic carbocycles. The first-order chi connectivity index (χ1) is 13.2. The molecular weight excluding hydrogens is 373 g/mol. The molecule has 0 fully saturated rings. The van der Waals surface area contributed by atoms with Crippen molar-refractivity contribution in [1.82, 2.24) is 10.2 Å². The van der Waals surface area contributed by atoms with Crippen LogP contribution in [-0.2, 0) is 11.0 Å². The smallest absolute Gasteiger partial charge is 0.416 e. The summed E-state index contributed by atoms with van der Waals surface area (Å²) < 4.78 is 44.0. The van der Waals surface area contributed by atoms with Crippen LogP contribution in [0.1, 0.15) is 29.8 Å². The lowest BCUT2D eigenvalue weighted by Gasteiger charge is -2.20. The highest BCUT2D eigenvalue weighted by Crippen LogP contribution is 2.32. The second-order valence-corrected chi connectivity index (χ2v) is 5.93. The van der Waals surface area contributed by atoms with Crippen LogP contribution < -0.4 is 10.1 Å². The van der Waals surface area contributed by atoms with Crippen LogP contribution in [0.2, 0.25) is 0 Å². The second kappa shape index (κ2) is 9.25. The van der Waals surface area contributed by atoms with Crippen molar-refractivity contribution in [3.8, 4) is 11.5 Å². The number of likely N-dealkylation sites (N-methyl/N-ethyl adjacent to an activating group) is 2. The Balaban J connectivity index is 2.17. The van der Waals surface area contributed by atoms with E-state index in [0.29, 0.717) is 13.1 Å². The maximum absolute atomic E-state index is 12.8. The normalized spacial score (nSPS) is 11.0. The van der Waals surface area contributed by atoms with Crippen LogP contribution in [0.5, 0.6) is 11.5 Å². The predicted molar refractivity (Wildman–Crippen MR) is 98.2 cm³/mol. The largest absolute Gasteiger partial charge is 0.457 e. The van der Waals surface area contributed by atoms with E-state index in [9.17, 15) is 22.8 Å². The minimum absolute atomic E-state index is 0.00842. The van der Waals surface area contributed by atoms with Crippen molar-refractivity contribution >= 4 is 11.8 Å². The van der Waals surface area contributed by atoms with E-state index in [0.717, 1.165) is 12.1 Å². The van der Waals surface area contributed by atoms with E-state index in [1.54, 1.807) is 26.0 Å². The zero-order valence-electron chi connectivity index (χ0n) is 15.5. The lowest BCUT2D eigenvalue weighted by Crippen LogP contribution is -2.40. The number of carbonyl (C=O) groups excluding carboxylic acids is 2. The molecule has 0 aliphatic heterocycles. The molecule has 2 rings (SSSR count). The molecular formula is C20H21F3N2O3. The topological polar surface area (TPSA) is 58.6 Å². The third-order valence-corrected chi connectivity index (χ3v) is 3.86. The van der Waals surface area contributed by atoms with Gasteiger partial charge in [0.25, 0.3) is 5.91 Å². The summed E-state index contributed by atoms with van der Waals surface area (Å²) in [6.07, 6.45) is -4.47. The Morgan fingerprint density at radius 2 is 1.68 bits per heavy atom. The standard InChI is InChI=1S/C20H21F3N2O3/c1-3-24-18(26)13-25(4-2)19(27)14-7-5-9-16(11-14)28-17-10-6-8-15(12-17)20(21,22)23/h5-12H,3-4,13H2,1-2H3,(H,24,26). The molecule has 150 valence electrons. The molecule has 0 spiro atoms. The first-order valence-corrected chi connectivity index (χ1v) is 8.75. The summed E-state index contributed by atoms with van der Waals surface area (Å²) in [5.74, 6) is -0.411. The minimum atomic E-state index is -4.47. The van der Waals surface area contributed by atoms with Crippen LogP contribution in [0.15, 0.2) is 48.5 Å². The fourth-order valence-electron chi connectivity index (χ4n) is 2.50. The molecule has 0 atom stereocenters. The Bertz CT molecular complexity index is 837. The number of hydrogen-bond donors (Lipinski definition) is 1. The predicted octanol–water partition coefficient (Wildman–Crippen LogP) is 4.10. The van der Waals surface area contributed by atoms with Gasteiger partial charge in [-0.25, -0.2) is 0 Å². The maximum atomic E-state index is 12.8. The highest BCUT2D eigenvalue weighted by atomic mass is 19.4. The Kier molecular flexibility index (Phi) is 7.03. The van der Waals surface area contributed by atoms with Crippen molar-refractivity contribution in [3.63, 3.8) is 0 Å². The van der Waals surface area contributed by atoms with Crippen LogP contribution in [0.4, 0.5) is 13.2 Å². The van der Waals surface area contributed by atoms with Crippen LogP contribution in [0, 0.1) is 0 Å². The van der Waals surface area contributed by atoms with Crippen LogP contribution in [0.3, 0.4) is 0 Å². The molecule has 2 aromatic rings. The molecule has 28 heavy (non-hydrogen) atoms. The van der Waals surface area contributed by atoms with E-state index in [1.165, 1.54) is 29.2 Å². The molecule has 0 heterocycles. The highest BCUT2D eigenvalue weighted by Gasteiger charge is 2.30. The number of carbonyl (C=O) groups is 2. The number of amides is 2. The van der Waals surface area contributed by atoms with Gasteiger partial charge in [0.05, 0.1) is 12.1 Å². The van der Waals surface area contributed by atoms with Gasteiger partial charge in [0, 0.05) is 18.7 Å². The summed E-state index contributed by atoms with van der Waals surface area (Å²) in [5, 5.41) is 2.63. The monoisotopic (exact) mass is 394 g/mol. The fraction of sp³-hybridized carbons (Fsp3) is 0.300. The van der Waals surface area contributed by atoms with Gasteiger partial charge in [0.1, 0.15) is 11.5 Å². The number of alkyl halides is 3. The van der Waals surface area contributed by atoms with Crippen LogP contribution >= 0.6 is 0 Å². The van der Waals surface area contributed by atoms with E-state index in [1.807, 2.05) is 0 Å². The molecule has 0 aliphatic carbocycles. The van der Waals surface area contributed by atoms with Gasteiger partial charge in [-0.2, -0.15) is 13.2 Å². The van der Waals surface area contributed by atoms with Gasteiger partial charge in [-0.15, -0.1) is 0 Å². The molecule has 0 unspecified atom stereocenters. The average Bonchev–Trinajstić information content (AvgIpc) is 2.65. The minimum Gasteiger partial charge on any atom is -0.457 e. The third kappa shape index (κ3) is 5.73. The lowest BCUT2D eigenvalue weighted by atomic mass is 10.1. The molecule has 5 nitrogen and oxygen atoms in total. The van der Waals surface area contributed by atoms with E-state index in [4.69, 9.17) is 4.74 Å². The molecule has 2 amide bonds. The quantitative estimate of drug-likeness (QED) is 0.769. The van der Waals surface area contributed by atoms with Gasteiger partial charge < -0.3 is 15.0 Å². The molecule has 0 aliphatic rings. The van der Waals surface area contributed by atoms with Gasteiger partial charge in [0.15, 0.2) is 0 Å². The number of halogens is 3. The SMILES string of the molecule is CCNC(=O)CN(CC)C(=O)c1cccc(Oc2cccc(C(F)(F)F)c2)c1. The van der Waals surface area contributed by atoms with Crippen LogP contribution in [-0.4, -0.2) is 36.3 Å². The fourth-order valence-corrected chi connectivity index (χ4v) is 2.50. The number of nitrogens with zero attached hydrogens (tertiary/aromatic N) is 1. The Hall–Kier alpha value is -3.03. The van der Waals surface area contributed by atoms with Gasteiger partial charge in [-0.3, -0.25) is 9.59 Å². The summed E-state index contributed by atoms with van der Waals surface area (Å²) in [7, 11) is 0. The number of nitrogens with one attached hydrogen (secondary N) is 1. The Labute approximate surface area is 161 Å². The Morgan fingerprint density at radius 1 is 1.04 bits per heavy atom. The number of ether oxygens (including phenoxy) is 1. The van der Waals surface area contributed by atoms with E-state index in [2.05, 4.69) is 5.32 Å². The van der Waals surface area contributed by atoms with Gasteiger partial charge >= 0.3 is 6.18 Å². The number of hydrogen-bond acceptors (Lipinski definition) is 3. The van der Waals surface area contributed by atoms with Crippen molar-refractivity contribution in [2.45, 2.75) is 20.0 Å². The molecule has 0 saturated heterocycles. The van der Waals surface area contributed by atoms with Crippen molar-refractivity contribution in [3.05, 3.63) is 59.7 Å². The molecule has 0 bridgehead atoms. The molecule has 0 aromatic heterocycles. The summed E-state index contributed by atoms with van der Waals surface area (Å²) in [5.41, 5.74) is -0.549. The zero-order chi connectivity index (χ0) is 20.7. The molecule has 8 heteroatoms. The first kappa shape index (κ1) is 21.3. The summed E-state index contributed by atoms with van der Waals surface area (Å²) >= 11 is 0. The van der Waals surface area contributed by atoms with E-state index in [-0.39, 0.29) is 35.4 Å². The molecule has 0 radical (unpaired) electrons. The maximum Gasteiger partial charge on any atom is 0.416 e. The van der Waals surface area contributed by atoms with Crippen molar-refractivity contribution in [2.75, 3.05) is 19.6 Å². The molecule has 0 saturated carbocycles. The average molecular weight is 394 g/mol. The lowest BCUT2D eigenvalue weighted by molar-refractivity contribution is -0.137. The number of rotatable bonds is 7. The molecule has 1 N–H and O–H groups in total. The zero-order valence-corrected chi connectivity index (χ0v) is 15.5. The summed E-state index contributed by atoms with van der Waals surface area (Å²) in [6, 6.07) is 10.6. The van der Waals surface area contributed by atoms with Gasteiger partial charge in [0.2, 0.25) is 5.91 Å². The van der Waals surface area contributed by atoms with Gasteiger partial charge in [-0.1, -0.05) is 12.1 Å². The third-order valence-electron chi connectivity index (χ3n) is 3.86. The van der Waals surface area contributed by atoms with Crippen molar-refractivity contribution < 1.29 is 27.5 Å². The van der Waals surface area contributed by atoms with Gasteiger partial charge in [-0.05, 0) is 50.2 Å². The van der Waals surface area contributed by atoms with Crippen LogP contribution in [0.25, 0.3) is 0 Å².